The minimum absolute atomic E-state index is 0.00536. The van der Waals surface area contributed by atoms with Gasteiger partial charge in [0, 0.05) is 36.0 Å². The van der Waals surface area contributed by atoms with Gasteiger partial charge in [0.15, 0.2) is 23.1 Å². The Balaban J connectivity index is 1.31. The topological polar surface area (TPSA) is 115 Å². The van der Waals surface area contributed by atoms with Gasteiger partial charge in [0.2, 0.25) is 0 Å². The van der Waals surface area contributed by atoms with E-state index >= 15 is 0 Å². The molecule has 1 aliphatic carbocycles. The Bertz CT molecular complexity index is 1330. The average molecular weight is 463 g/mol. The first-order valence-corrected chi connectivity index (χ1v) is 9.55. The van der Waals surface area contributed by atoms with E-state index in [4.69, 9.17) is 13.9 Å². The molecule has 0 radical (unpaired) electrons. The highest BCUT2D eigenvalue weighted by Crippen LogP contribution is 2.40. The fourth-order valence-electron chi connectivity index (χ4n) is 3.32. The van der Waals surface area contributed by atoms with Crippen LogP contribution in [0.25, 0.3) is 11.0 Å². The highest BCUT2D eigenvalue weighted by Gasteiger charge is 2.47. The lowest BCUT2D eigenvalue weighted by molar-refractivity contribution is -0.135. The monoisotopic (exact) mass is 463 g/mol. The first-order chi connectivity index (χ1) is 15.8. The second kappa shape index (κ2) is 7.76. The van der Waals surface area contributed by atoms with Gasteiger partial charge in [-0.2, -0.15) is 0 Å². The van der Waals surface area contributed by atoms with Crippen molar-refractivity contribution in [2.45, 2.75) is 24.9 Å². The number of carbonyl (C=O) groups excluding carboxylic acids is 1. The number of anilines is 1. The second-order valence-electron chi connectivity index (χ2n) is 7.34. The van der Waals surface area contributed by atoms with Crippen LogP contribution in [0.2, 0.25) is 0 Å². The molecule has 2 heterocycles. The molecule has 13 heteroatoms. The van der Waals surface area contributed by atoms with Gasteiger partial charge in [-0.3, -0.25) is 4.79 Å². The Morgan fingerprint density at radius 2 is 1.94 bits per heavy atom. The van der Waals surface area contributed by atoms with Crippen LogP contribution >= 0.6 is 0 Å². The number of aromatic nitrogens is 4. The molecule has 0 atom stereocenters. The summed E-state index contributed by atoms with van der Waals surface area (Å²) in [5.74, 6) is -5.53. The van der Waals surface area contributed by atoms with Crippen LogP contribution in [0.3, 0.4) is 0 Å². The first-order valence-electron chi connectivity index (χ1n) is 9.55. The van der Waals surface area contributed by atoms with Crippen molar-refractivity contribution in [3.05, 3.63) is 53.8 Å². The fourth-order valence-corrected chi connectivity index (χ4v) is 3.32. The molecule has 1 amide bonds. The number of benzene rings is 2. The van der Waals surface area contributed by atoms with Gasteiger partial charge in [0.25, 0.3) is 11.8 Å². The van der Waals surface area contributed by atoms with E-state index in [0.717, 1.165) is 18.4 Å². The molecule has 0 spiro atoms. The summed E-state index contributed by atoms with van der Waals surface area (Å²) in [6.45, 7) is 0. The largest absolute Gasteiger partial charge is 0.487 e. The van der Waals surface area contributed by atoms with E-state index in [1.807, 2.05) is 0 Å². The molecule has 4 aromatic rings. The maximum atomic E-state index is 14.5. The van der Waals surface area contributed by atoms with Gasteiger partial charge in [0.1, 0.15) is 18.0 Å². The number of hydrogen-bond donors (Lipinski definition) is 2. The number of tetrazole rings is 1. The molecule has 9 nitrogen and oxygen atoms in total. The van der Waals surface area contributed by atoms with Crippen molar-refractivity contribution in [1.29, 1.82) is 0 Å². The van der Waals surface area contributed by atoms with E-state index in [2.05, 4.69) is 25.9 Å². The number of alkyl halides is 2. The SMILES string of the molecule is O=C(Nc1ccc(OC2CC(F)(F)C2)c(F)c1)c1coc2cc(Oc3nnn[nH]3)c(F)cc12. The molecule has 5 rings (SSSR count). The number of fused-ring (bicyclic) bond motifs is 1. The molecule has 0 unspecified atom stereocenters. The van der Waals surface area contributed by atoms with E-state index in [9.17, 15) is 22.4 Å². The van der Waals surface area contributed by atoms with E-state index in [0.29, 0.717) is 0 Å². The molecule has 0 saturated heterocycles. The van der Waals surface area contributed by atoms with Crippen molar-refractivity contribution in [1.82, 2.24) is 20.6 Å². The molecule has 0 aliphatic heterocycles. The van der Waals surface area contributed by atoms with Crippen molar-refractivity contribution in [2.75, 3.05) is 5.32 Å². The molecule has 2 aromatic heterocycles. The predicted octanol–water partition coefficient (Wildman–Crippen LogP) is 4.45. The standard InChI is InChI=1S/C20H13F4N5O4/c21-13-3-9(1-2-15(13)32-10-6-20(23,24)7-10)25-18(30)12-8-31-16-5-17(14(22)4-11(12)16)33-19-26-28-29-27-19/h1-5,8,10H,6-7H2,(H,25,30)(H,26,27,28,29). The molecule has 1 fully saturated rings. The number of nitrogens with zero attached hydrogens (tertiary/aromatic N) is 3. The number of halogens is 4. The summed E-state index contributed by atoms with van der Waals surface area (Å²) >= 11 is 0. The van der Waals surface area contributed by atoms with E-state index in [1.54, 1.807) is 0 Å². The molecule has 2 N–H and O–H groups in total. The van der Waals surface area contributed by atoms with Gasteiger partial charge < -0.3 is 19.2 Å². The van der Waals surface area contributed by atoms with Crippen LogP contribution in [0.15, 0.2) is 41.0 Å². The summed E-state index contributed by atoms with van der Waals surface area (Å²) in [6.07, 6.45) is -0.603. The van der Waals surface area contributed by atoms with E-state index in [-0.39, 0.29) is 39.7 Å². The first kappa shape index (κ1) is 20.7. The molecule has 33 heavy (non-hydrogen) atoms. The summed E-state index contributed by atoms with van der Waals surface area (Å²) in [6, 6.07) is 5.70. The number of aromatic amines is 1. The Hall–Kier alpha value is -4.16. The zero-order valence-corrected chi connectivity index (χ0v) is 16.4. The molecule has 2 aromatic carbocycles. The normalized spacial score (nSPS) is 15.3. The van der Waals surface area contributed by atoms with Crippen LogP contribution in [0.4, 0.5) is 23.2 Å². The lowest BCUT2D eigenvalue weighted by Crippen LogP contribution is -2.43. The third-order valence-electron chi connectivity index (χ3n) is 4.94. The third kappa shape index (κ3) is 4.16. The minimum atomic E-state index is -2.79. The number of ether oxygens (including phenoxy) is 2. The number of amides is 1. The number of H-pyrrole nitrogens is 1. The van der Waals surface area contributed by atoms with Gasteiger partial charge in [-0.15, -0.1) is 0 Å². The number of hydrogen-bond acceptors (Lipinski definition) is 7. The number of carbonyl (C=O) groups is 1. The molecular formula is C20H13F4N5O4. The zero-order valence-electron chi connectivity index (χ0n) is 16.4. The van der Waals surface area contributed by atoms with Crippen LogP contribution in [0, 0.1) is 11.6 Å². The quantitative estimate of drug-likeness (QED) is 0.406. The maximum Gasteiger partial charge on any atom is 0.338 e. The average Bonchev–Trinajstić information content (AvgIpc) is 3.38. The van der Waals surface area contributed by atoms with Gasteiger partial charge in [0.05, 0.1) is 5.56 Å². The third-order valence-corrected chi connectivity index (χ3v) is 4.94. The van der Waals surface area contributed by atoms with Crippen LogP contribution < -0.4 is 14.8 Å². The number of rotatable bonds is 6. The van der Waals surface area contributed by atoms with Gasteiger partial charge in [-0.25, -0.2) is 22.7 Å². The Kier molecular flexibility index (Phi) is 4.87. The van der Waals surface area contributed by atoms with Gasteiger partial charge in [-0.1, -0.05) is 5.10 Å². The van der Waals surface area contributed by atoms with Crippen LogP contribution in [0.5, 0.6) is 17.5 Å². The van der Waals surface area contributed by atoms with Crippen LogP contribution in [0.1, 0.15) is 23.2 Å². The van der Waals surface area contributed by atoms with Gasteiger partial charge in [-0.05, 0) is 28.6 Å². The van der Waals surface area contributed by atoms with E-state index in [1.165, 1.54) is 18.2 Å². The lowest BCUT2D eigenvalue weighted by atomic mass is 9.91. The van der Waals surface area contributed by atoms with Crippen molar-refractivity contribution < 1.29 is 36.2 Å². The molecular weight excluding hydrogens is 450 g/mol. The fraction of sp³-hybridized carbons (Fsp3) is 0.200. The summed E-state index contributed by atoms with van der Waals surface area (Å²) < 4.78 is 70.3. The van der Waals surface area contributed by atoms with Crippen LogP contribution in [-0.4, -0.2) is 38.6 Å². The summed E-state index contributed by atoms with van der Waals surface area (Å²) in [4.78, 5) is 12.6. The Labute approximate surface area is 181 Å². The smallest absolute Gasteiger partial charge is 0.338 e. The summed E-state index contributed by atoms with van der Waals surface area (Å²) in [5.41, 5.74) is 0.224. The summed E-state index contributed by atoms with van der Waals surface area (Å²) in [7, 11) is 0. The molecule has 1 saturated carbocycles. The van der Waals surface area contributed by atoms with Gasteiger partial charge >= 0.3 is 6.01 Å². The summed E-state index contributed by atoms with van der Waals surface area (Å²) in [5, 5.41) is 15.0. The highest BCUT2D eigenvalue weighted by molar-refractivity contribution is 6.12. The molecule has 1 aliphatic rings. The predicted molar refractivity (Wildman–Crippen MR) is 103 cm³/mol. The Morgan fingerprint density at radius 3 is 2.64 bits per heavy atom. The van der Waals surface area contributed by atoms with E-state index < -0.39 is 42.4 Å². The number of nitrogens with one attached hydrogen (secondary N) is 2. The van der Waals surface area contributed by atoms with Crippen molar-refractivity contribution in [3.8, 4) is 17.5 Å². The van der Waals surface area contributed by atoms with Crippen molar-refractivity contribution in [2.24, 2.45) is 0 Å². The highest BCUT2D eigenvalue weighted by atomic mass is 19.3. The van der Waals surface area contributed by atoms with Crippen molar-refractivity contribution >= 4 is 22.6 Å². The maximum absolute atomic E-state index is 14.5. The van der Waals surface area contributed by atoms with Crippen molar-refractivity contribution in [3.63, 3.8) is 0 Å². The zero-order chi connectivity index (χ0) is 23.2. The second-order valence-corrected chi connectivity index (χ2v) is 7.34. The number of furan rings is 1. The van der Waals surface area contributed by atoms with Crippen LogP contribution in [-0.2, 0) is 0 Å². The molecule has 170 valence electrons. The lowest BCUT2D eigenvalue weighted by Gasteiger charge is -2.34. The molecule has 0 bridgehead atoms. The Morgan fingerprint density at radius 1 is 1.15 bits per heavy atom. The minimum Gasteiger partial charge on any atom is -0.487 e.